The summed E-state index contributed by atoms with van der Waals surface area (Å²) in [7, 11) is 0. The normalized spacial score (nSPS) is 26.7. The number of aromatic carboxylic acids is 1. The molecule has 1 spiro atoms. The second-order valence-corrected chi connectivity index (χ2v) is 14.2. The minimum atomic E-state index is -1.13. The van der Waals surface area contributed by atoms with E-state index >= 15 is 4.39 Å². The molecule has 2 N–H and O–H groups in total. The van der Waals surface area contributed by atoms with Gasteiger partial charge in [0.25, 0.3) is 0 Å². The molecule has 2 saturated heterocycles. The molecule has 7 nitrogen and oxygen atoms in total. The Kier molecular flexibility index (Phi) is 6.34. The number of carboxylic acid groups (broad SMARTS) is 1. The predicted molar refractivity (Wildman–Crippen MR) is 161 cm³/mol. The summed E-state index contributed by atoms with van der Waals surface area (Å²) in [6, 6.07) is 9.63. The van der Waals surface area contributed by atoms with Gasteiger partial charge in [-0.05, 0) is 92.6 Å². The fourth-order valence-corrected chi connectivity index (χ4v) is 9.29. The lowest BCUT2D eigenvalue weighted by Gasteiger charge is -2.56. The van der Waals surface area contributed by atoms with Gasteiger partial charge in [0.1, 0.15) is 17.3 Å². The molecule has 2 aliphatic carbocycles. The number of benzene rings is 2. The maximum Gasteiger partial charge on any atom is 0.356 e. The van der Waals surface area contributed by atoms with Crippen molar-refractivity contribution in [1.82, 2.24) is 14.8 Å². The van der Waals surface area contributed by atoms with Crippen molar-refractivity contribution in [2.24, 2.45) is 5.41 Å². The fourth-order valence-electron chi connectivity index (χ4n) is 7.93. The second-order valence-electron chi connectivity index (χ2n) is 12.6. The molecule has 218 valence electrons. The summed E-state index contributed by atoms with van der Waals surface area (Å²) in [5.41, 5.74) is 3.30. The first-order valence-corrected chi connectivity index (χ1v) is 16.1. The van der Waals surface area contributed by atoms with Crippen LogP contribution in [0.5, 0.6) is 0 Å². The van der Waals surface area contributed by atoms with Gasteiger partial charge in [-0.3, -0.25) is 0 Å². The zero-order chi connectivity index (χ0) is 28.7. The van der Waals surface area contributed by atoms with E-state index in [1.165, 1.54) is 6.07 Å². The van der Waals surface area contributed by atoms with Crippen LogP contribution in [0.25, 0.3) is 21.3 Å². The van der Waals surface area contributed by atoms with E-state index in [-0.39, 0.29) is 29.0 Å². The Hall–Kier alpha value is -2.72. The molecule has 8 rings (SSSR count). The van der Waals surface area contributed by atoms with Crippen LogP contribution in [0, 0.1) is 11.2 Å². The average Bonchev–Trinajstić information content (AvgIpc) is 3.48. The molecule has 0 radical (unpaired) electrons. The van der Waals surface area contributed by atoms with E-state index in [9.17, 15) is 9.90 Å². The number of fused-ring (bicyclic) bond motifs is 3. The molecule has 4 heterocycles. The van der Waals surface area contributed by atoms with E-state index in [0.29, 0.717) is 44.3 Å². The molecule has 2 aromatic heterocycles. The Balaban J connectivity index is 0.970. The van der Waals surface area contributed by atoms with Gasteiger partial charge in [-0.1, -0.05) is 34.4 Å². The highest BCUT2D eigenvalue weighted by Gasteiger charge is 2.54. The van der Waals surface area contributed by atoms with Crippen molar-refractivity contribution in [1.29, 1.82) is 0 Å². The second kappa shape index (κ2) is 9.91. The van der Waals surface area contributed by atoms with Gasteiger partial charge in [0.2, 0.25) is 0 Å². The SMILES string of the molecule is O=C(O)c1nsc2cc(N3C4CCC3CC3(CC(NCc5c(-c6c(Cl)cccc6Cl)noc5C5CC5)C3)C4)c(F)cc12. The number of nitrogens with zero attached hydrogens (tertiary/aromatic N) is 3. The van der Waals surface area contributed by atoms with Crippen LogP contribution >= 0.6 is 34.7 Å². The van der Waals surface area contributed by atoms with Crippen molar-refractivity contribution in [3.8, 4) is 11.3 Å². The molecule has 2 atom stereocenters. The number of hydrogen-bond donors (Lipinski definition) is 2. The molecule has 42 heavy (non-hydrogen) atoms. The number of carboxylic acids is 1. The number of aromatic nitrogens is 2. The van der Waals surface area contributed by atoms with E-state index in [1.54, 1.807) is 0 Å². The number of halogens is 3. The van der Waals surface area contributed by atoms with Crippen molar-refractivity contribution in [3.05, 3.63) is 63.2 Å². The Morgan fingerprint density at radius 1 is 1.12 bits per heavy atom. The summed E-state index contributed by atoms with van der Waals surface area (Å²) in [5.74, 6) is -0.124. The van der Waals surface area contributed by atoms with Gasteiger partial charge in [-0.25, -0.2) is 9.18 Å². The standard InChI is InChI=1S/C31H29Cl2FN4O3S/c32-21-2-1-3-22(33)26(21)27-20(29(41-36-27)15-4-5-15)14-35-16-10-31(11-16)12-17-6-7-18(13-31)38(17)24-9-25-19(8-23(24)34)28(30(39)40)37-42-25/h1-3,8-9,15-18,35H,4-7,10-14H2,(H,39,40). The molecule has 2 saturated carbocycles. The third-order valence-corrected chi connectivity index (χ3v) is 11.3. The van der Waals surface area contributed by atoms with Crippen LogP contribution in [0.15, 0.2) is 34.9 Å². The topological polar surface area (TPSA) is 91.5 Å². The summed E-state index contributed by atoms with van der Waals surface area (Å²) < 4.78 is 26.0. The smallest absolute Gasteiger partial charge is 0.356 e. The zero-order valence-electron chi connectivity index (χ0n) is 22.7. The summed E-state index contributed by atoms with van der Waals surface area (Å²) >= 11 is 14.2. The van der Waals surface area contributed by atoms with Gasteiger partial charge in [0.05, 0.1) is 20.4 Å². The van der Waals surface area contributed by atoms with Crippen LogP contribution in [0.1, 0.15) is 79.1 Å². The molecule has 2 aromatic carbocycles. The summed E-state index contributed by atoms with van der Waals surface area (Å²) in [4.78, 5) is 13.8. The van der Waals surface area contributed by atoms with Crippen LogP contribution in [0.4, 0.5) is 10.1 Å². The molecule has 2 bridgehead atoms. The molecule has 0 amide bonds. The average molecular weight is 628 g/mol. The number of rotatable bonds is 7. The monoisotopic (exact) mass is 626 g/mol. The Labute approximate surface area is 256 Å². The Morgan fingerprint density at radius 3 is 2.50 bits per heavy atom. The van der Waals surface area contributed by atoms with E-state index < -0.39 is 5.97 Å². The molecule has 11 heteroatoms. The van der Waals surface area contributed by atoms with Gasteiger partial charge in [0.15, 0.2) is 5.69 Å². The molecular formula is C31H29Cl2FN4O3S. The maximum atomic E-state index is 15.4. The third-order valence-electron chi connectivity index (χ3n) is 9.87. The van der Waals surface area contributed by atoms with Crippen LogP contribution in [0.2, 0.25) is 10.0 Å². The van der Waals surface area contributed by atoms with E-state index in [4.69, 9.17) is 27.7 Å². The number of piperidine rings is 1. The van der Waals surface area contributed by atoms with Gasteiger partial charge < -0.3 is 19.8 Å². The Bertz CT molecular complexity index is 1690. The lowest BCUT2D eigenvalue weighted by molar-refractivity contribution is 0.0346. The van der Waals surface area contributed by atoms with Crippen LogP contribution in [-0.4, -0.2) is 38.7 Å². The summed E-state index contributed by atoms with van der Waals surface area (Å²) in [6.45, 7) is 0.657. The van der Waals surface area contributed by atoms with Gasteiger partial charge in [-0.2, -0.15) is 4.37 Å². The largest absolute Gasteiger partial charge is 0.476 e. The predicted octanol–water partition coefficient (Wildman–Crippen LogP) is 8.04. The van der Waals surface area contributed by atoms with Crippen LogP contribution in [0.3, 0.4) is 0 Å². The molecule has 4 fully saturated rings. The summed E-state index contributed by atoms with van der Waals surface area (Å²) in [5, 5.41) is 19.1. The lowest BCUT2D eigenvalue weighted by Crippen LogP contribution is -2.57. The van der Waals surface area contributed by atoms with Crippen molar-refractivity contribution in [2.75, 3.05) is 4.90 Å². The van der Waals surface area contributed by atoms with Crippen LogP contribution < -0.4 is 10.2 Å². The zero-order valence-corrected chi connectivity index (χ0v) is 25.0. The molecular weight excluding hydrogens is 598 g/mol. The van der Waals surface area contributed by atoms with Crippen molar-refractivity contribution >= 4 is 56.5 Å². The highest BCUT2D eigenvalue weighted by atomic mass is 35.5. The van der Waals surface area contributed by atoms with E-state index in [0.717, 1.165) is 85.5 Å². The minimum Gasteiger partial charge on any atom is -0.476 e. The molecule has 4 aromatic rings. The third kappa shape index (κ3) is 4.34. The Morgan fingerprint density at radius 2 is 1.83 bits per heavy atom. The highest BCUT2D eigenvalue weighted by molar-refractivity contribution is 7.13. The van der Waals surface area contributed by atoms with E-state index in [2.05, 4.69) is 19.7 Å². The summed E-state index contributed by atoms with van der Waals surface area (Å²) in [6.07, 6.45) is 8.61. The van der Waals surface area contributed by atoms with Crippen LogP contribution in [-0.2, 0) is 6.54 Å². The lowest BCUT2D eigenvalue weighted by atomic mass is 9.58. The molecule has 4 aliphatic rings. The highest BCUT2D eigenvalue weighted by Crippen LogP contribution is 2.57. The van der Waals surface area contributed by atoms with Gasteiger partial charge in [0, 0.05) is 47.1 Å². The number of anilines is 1. The number of hydrogen-bond acceptors (Lipinski definition) is 7. The van der Waals surface area contributed by atoms with Crippen molar-refractivity contribution in [3.63, 3.8) is 0 Å². The van der Waals surface area contributed by atoms with Crippen molar-refractivity contribution < 1.29 is 18.8 Å². The first-order valence-electron chi connectivity index (χ1n) is 14.6. The quantitative estimate of drug-likeness (QED) is 0.214. The number of carbonyl (C=O) groups is 1. The number of nitrogens with one attached hydrogen (secondary N) is 1. The fraction of sp³-hybridized carbons (Fsp3) is 0.452. The minimum absolute atomic E-state index is 0.0773. The first kappa shape index (κ1) is 26.9. The molecule has 2 unspecified atom stereocenters. The maximum absolute atomic E-state index is 15.4. The van der Waals surface area contributed by atoms with Crippen molar-refractivity contribution in [2.45, 2.75) is 82.0 Å². The molecule has 2 aliphatic heterocycles. The van der Waals surface area contributed by atoms with E-state index in [1.807, 2.05) is 24.3 Å². The van der Waals surface area contributed by atoms with Gasteiger partial charge in [-0.15, -0.1) is 0 Å². The first-order chi connectivity index (χ1) is 20.3. The van der Waals surface area contributed by atoms with Gasteiger partial charge >= 0.3 is 5.97 Å².